The third kappa shape index (κ3) is 4.16. The van der Waals surface area contributed by atoms with E-state index in [1.54, 1.807) is 14.2 Å². The predicted octanol–water partition coefficient (Wildman–Crippen LogP) is 1.58. The summed E-state index contributed by atoms with van der Waals surface area (Å²) in [5.41, 5.74) is 6.78. The van der Waals surface area contributed by atoms with E-state index in [1.807, 2.05) is 18.2 Å². The Morgan fingerprint density at radius 1 is 1.41 bits per heavy atom. The first-order chi connectivity index (χ1) is 8.22. The quantitative estimate of drug-likeness (QED) is 0.730. The lowest BCUT2D eigenvalue weighted by atomic mass is 10.1. The molecule has 0 aliphatic rings. The van der Waals surface area contributed by atoms with E-state index in [9.17, 15) is 0 Å². The maximum absolute atomic E-state index is 6.07. The average Bonchev–Trinajstić information content (AvgIpc) is 2.35. The number of rotatable bonds is 7. The fourth-order valence-corrected chi connectivity index (χ4v) is 1.84. The first kappa shape index (κ1) is 14.3. The minimum absolute atomic E-state index is 0.0774. The van der Waals surface area contributed by atoms with Crippen molar-refractivity contribution >= 4 is 11.6 Å². The smallest absolute Gasteiger partial charge is 0.137 e. The minimum Gasteiger partial charge on any atom is -0.495 e. The van der Waals surface area contributed by atoms with Gasteiger partial charge in [-0.2, -0.15) is 0 Å². The molecule has 1 atom stereocenters. The second-order valence-corrected chi connectivity index (χ2v) is 4.04. The van der Waals surface area contributed by atoms with Crippen molar-refractivity contribution in [2.75, 3.05) is 33.9 Å². The molecule has 0 spiro atoms. The molecule has 0 amide bonds. The van der Waals surface area contributed by atoms with Crippen molar-refractivity contribution in [3.8, 4) is 5.75 Å². The van der Waals surface area contributed by atoms with Crippen molar-refractivity contribution in [1.29, 1.82) is 0 Å². The number of ether oxygens (including phenoxy) is 2. The van der Waals surface area contributed by atoms with Crippen molar-refractivity contribution in [3.05, 3.63) is 28.8 Å². The Kier molecular flexibility index (Phi) is 6.29. The van der Waals surface area contributed by atoms with Crippen LogP contribution in [-0.4, -0.2) is 33.9 Å². The third-order valence-corrected chi connectivity index (χ3v) is 2.81. The summed E-state index contributed by atoms with van der Waals surface area (Å²) in [6.07, 6.45) is 0. The van der Waals surface area contributed by atoms with E-state index in [4.69, 9.17) is 26.8 Å². The molecule has 5 heteroatoms. The van der Waals surface area contributed by atoms with E-state index in [1.165, 1.54) is 0 Å². The zero-order valence-corrected chi connectivity index (χ0v) is 11.0. The molecule has 0 aliphatic heterocycles. The summed E-state index contributed by atoms with van der Waals surface area (Å²) in [6, 6.07) is 5.76. The molecule has 1 aromatic rings. The first-order valence-corrected chi connectivity index (χ1v) is 5.86. The number of nitrogens with one attached hydrogen (secondary N) is 1. The fourth-order valence-electron chi connectivity index (χ4n) is 1.57. The second-order valence-electron chi connectivity index (χ2n) is 3.63. The lowest BCUT2D eigenvalue weighted by molar-refractivity contribution is 0.196. The molecule has 0 radical (unpaired) electrons. The zero-order chi connectivity index (χ0) is 12.7. The highest BCUT2D eigenvalue weighted by Gasteiger charge is 2.10. The van der Waals surface area contributed by atoms with Crippen LogP contribution in [0.3, 0.4) is 0 Å². The van der Waals surface area contributed by atoms with Gasteiger partial charge in [0, 0.05) is 26.2 Å². The highest BCUT2D eigenvalue weighted by atomic mass is 35.5. The molecular weight excluding hydrogens is 240 g/mol. The van der Waals surface area contributed by atoms with E-state index in [-0.39, 0.29) is 6.04 Å². The van der Waals surface area contributed by atoms with Gasteiger partial charge in [0.05, 0.1) is 18.7 Å². The predicted molar refractivity (Wildman–Crippen MR) is 69.7 cm³/mol. The Hall–Kier alpha value is -0.810. The third-order valence-electron chi connectivity index (χ3n) is 2.51. The summed E-state index contributed by atoms with van der Waals surface area (Å²) in [6.45, 7) is 1.91. The topological polar surface area (TPSA) is 56.5 Å². The number of hydrogen-bond acceptors (Lipinski definition) is 4. The van der Waals surface area contributed by atoms with Gasteiger partial charge in [0.25, 0.3) is 0 Å². The molecule has 1 rings (SSSR count). The van der Waals surface area contributed by atoms with E-state index in [0.717, 1.165) is 12.1 Å². The maximum Gasteiger partial charge on any atom is 0.137 e. The second kappa shape index (κ2) is 7.50. The van der Waals surface area contributed by atoms with Gasteiger partial charge in [0.2, 0.25) is 0 Å². The molecule has 0 heterocycles. The largest absolute Gasteiger partial charge is 0.495 e. The van der Waals surface area contributed by atoms with Crippen molar-refractivity contribution in [3.63, 3.8) is 0 Å². The maximum atomic E-state index is 6.07. The Labute approximate surface area is 107 Å². The standard InChI is InChI=1S/C12H19ClN2O2/c1-16-6-5-15-11(8-14)9-3-4-12(17-2)10(13)7-9/h3-4,7,11,15H,5-6,8,14H2,1-2H3. The Bertz CT molecular complexity index is 347. The number of hydrogen-bond donors (Lipinski definition) is 2. The van der Waals surface area contributed by atoms with Crippen LogP contribution in [0.25, 0.3) is 0 Å². The van der Waals surface area contributed by atoms with Crippen LogP contribution in [-0.2, 0) is 4.74 Å². The van der Waals surface area contributed by atoms with Gasteiger partial charge < -0.3 is 20.5 Å². The monoisotopic (exact) mass is 258 g/mol. The molecule has 1 aromatic carbocycles. The average molecular weight is 259 g/mol. The molecule has 4 nitrogen and oxygen atoms in total. The number of methoxy groups -OCH3 is 2. The summed E-state index contributed by atoms with van der Waals surface area (Å²) >= 11 is 6.07. The molecule has 0 aliphatic carbocycles. The van der Waals surface area contributed by atoms with E-state index in [0.29, 0.717) is 23.9 Å². The van der Waals surface area contributed by atoms with Crippen molar-refractivity contribution < 1.29 is 9.47 Å². The normalized spacial score (nSPS) is 12.5. The number of benzene rings is 1. The molecule has 0 aromatic heterocycles. The lowest BCUT2D eigenvalue weighted by Crippen LogP contribution is -2.30. The van der Waals surface area contributed by atoms with Gasteiger partial charge >= 0.3 is 0 Å². The molecule has 0 fully saturated rings. The van der Waals surface area contributed by atoms with Crippen LogP contribution in [0, 0.1) is 0 Å². The van der Waals surface area contributed by atoms with Crippen LogP contribution in [0.4, 0.5) is 0 Å². The summed E-state index contributed by atoms with van der Waals surface area (Å²) < 4.78 is 10.1. The van der Waals surface area contributed by atoms with Gasteiger partial charge in [0.15, 0.2) is 0 Å². The summed E-state index contributed by atoms with van der Waals surface area (Å²) in [4.78, 5) is 0. The first-order valence-electron chi connectivity index (χ1n) is 5.48. The zero-order valence-electron chi connectivity index (χ0n) is 10.2. The van der Waals surface area contributed by atoms with Gasteiger partial charge in [0.1, 0.15) is 5.75 Å². The van der Waals surface area contributed by atoms with Gasteiger partial charge in [-0.25, -0.2) is 0 Å². The van der Waals surface area contributed by atoms with Crippen LogP contribution in [0.2, 0.25) is 5.02 Å². The van der Waals surface area contributed by atoms with Gasteiger partial charge in [-0.05, 0) is 17.7 Å². The number of halogens is 1. The number of nitrogens with two attached hydrogens (primary N) is 1. The van der Waals surface area contributed by atoms with Crippen LogP contribution in [0.15, 0.2) is 18.2 Å². The van der Waals surface area contributed by atoms with Crippen molar-refractivity contribution in [2.24, 2.45) is 5.73 Å². The van der Waals surface area contributed by atoms with E-state index >= 15 is 0 Å². The van der Waals surface area contributed by atoms with Crippen LogP contribution in [0.5, 0.6) is 5.75 Å². The van der Waals surface area contributed by atoms with Crippen LogP contribution in [0.1, 0.15) is 11.6 Å². The van der Waals surface area contributed by atoms with Crippen molar-refractivity contribution in [2.45, 2.75) is 6.04 Å². The van der Waals surface area contributed by atoms with Crippen LogP contribution < -0.4 is 15.8 Å². The molecular formula is C12H19ClN2O2. The Balaban J connectivity index is 2.71. The Morgan fingerprint density at radius 2 is 2.18 bits per heavy atom. The lowest BCUT2D eigenvalue weighted by Gasteiger charge is -2.18. The summed E-state index contributed by atoms with van der Waals surface area (Å²) in [5.74, 6) is 0.670. The van der Waals surface area contributed by atoms with Crippen molar-refractivity contribution in [1.82, 2.24) is 5.32 Å². The summed E-state index contributed by atoms with van der Waals surface area (Å²) in [7, 11) is 3.27. The van der Waals surface area contributed by atoms with Gasteiger partial charge in [-0.1, -0.05) is 17.7 Å². The fraction of sp³-hybridized carbons (Fsp3) is 0.500. The highest BCUT2D eigenvalue weighted by molar-refractivity contribution is 6.32. The van der Waals surface area contributed by atoms with Gasteiger partial charge in [-0.15, -0.1) is 0 Å². The molecule has 0 saturated heterocycles. The SMILES string of the molecule is COCCNC(CN)c1ccc(OC)c(Cl)c1. The molecule has 0 saturated carbocycles. The molecule has 1 unspecified atom stereocenters. The molecule has 17 heavy (non-hydrogen) atoms. The van der Waals surface area contributed by atoms with Crippen LogP contribution >= 0.6 is 11.6 Å². The molecule has 3 N–H and O–H groups in total. The highest BCUT2D eigenvalue weighted by Crippen LogP contribution is 2.27. The molecule has 0 bridgehead atoms. The summed E-state index contributed by atoms with van der Waals surface area (Å²) in [5, 5.41) is 3.90. The van der Waals surface area contributed by atoms with E-state index < -0.39 is 0 Å². The Morgan fingerprint density at radius 3 is 2.71 bits per heavy atom. The van der Waals surface area contributed by atoms with E-state index in [2.05, 4.69) is 5.32 Å². The van der Waals surface area contributed by atoms with Gasteiger partial charge in [-0.3, -0.25) is 0 Å². The minimum atomic E-state index is 0.0774. The molecule has 96 valence electrons.